The van der Waals surface area contributed by atoms with Crippen molar-refractivity contribution in [3.05, 3.63) is 58.1 Å². The van der Waals surface area contributed by atoms with Crippen molar-refractivity contribution in [1.82, 2.24) is 0 Å². The summed E-state index contributed by atoms with van der Waals surface area (Å²) in [5.41, 5.74) is 3.84. The first-order chi connectivity index (χ1) is 8.58. The molecule has 0 amide bonds. The zero-order valence-electron chi connectivity index (χ0n) is 10.5. The van der Waals surface area contributed by atoms with Crippen molar-refractivity contribution in [2.75, 3.05) is 5.32 Å². The van der Waals surface area contributed by atoms with Gasteiger partial charge in [-0.05, 0) is 42.7 Å². The van der Waals surface area contributed by atoms with Crippen molar-refractivity contribution < 1.29 is 5.11 Å². The average molecular weight is 262 g/mol. The van der Waals surface area contributed by atoms with Crippen molar-refractivity contribution in [2.24, 2.45) is 0 Å². The highest BCUT2D eigenvalue weighted by molar-refractivity contribution is 6.33. The Morgan fingerprint density at radius 3 is 2.33 bits per heavy atom. The van der Waals surface area contributed by atoms with Crippen LogP contribution in [0, 0.1) is 13.8 Å². The molecule has 0 spiro atoms. The van der Waals surface area contributed by atoms with E-state index in [0.717, 1.165) is 22.4 Å². The van der Waals surface area contributed by atoms with Crippen LogP contribution in [-0.2, 0) is 6.54 Å². The Balaban J connectivity index is 2.14. The molecule has 0 saturated heterocycles. The number of benzene rings is 2. The third-order valence-corrected chi connectivity index (χ3v) is 3.24. The van der Waals surface area contributed by atoms with Crippen molar-refractivity contribution in [1.29, 1.82) is 0 Å². The van der Waals surface area contributed by atoms with Gasteiger partial charge in [0.15, 0.2) is 0 Å². The van der Waals surface area contributed by atoms with E-state index in [9.17, 15) is 5.11 Å². The number of anilines is 1. The Kier molecular flexibility index (Phi) is 3.78. The molecule has 2 aromatic carbocycles. The van der Waals surface area contributed by atoms with Crippen molar-refractivity contribution in [3.63, 3.8) is 0 Å². The van der Waals surface area contributed by atoms with E-state index in [2.05, 4.69) is 5.32 Å². The van der Waals surface area contributed by atoms with E-state index in [4.69, 9.17) is 11.6 Å². The quantitative estimate of drug-likeness (QED) is 0.865. The van der Waals surface area contributed by atoms with Gasteiger partial charge in [-0.1, -0.05) is 35.9 Å². The maximum atomic E-state index is 9.72. The molecule has 0 unspecified atom stereocenters. The first kappa shape index (κ1) is 12.8. The third-order valence-electron chi connectivity index (χ3n) is 2.91. The van der Waals surface area contributed by atoms with Crippen LogP contribution in [0.25, 0.3) is 0 Å². The number of nitrogens with one attached hydrogen (secondary N) is 1. The number of phenols is 1. The fourth-order valence-electron chi connectivity index (χ4n) is 1.95. The van der Waals surface area contributed by atoms with Crippen molar-refractivity contribution >= 4 is 17.3 Å². The largest absolute Gasteiger partial charge is 0.507 e. The molecule has 0 heterocycles. The van der Waals surface area contributed by atoms with Gasteiger partial charge in [-0.2, -0.15) is 0 Å². The number of aromatic hydroxyl groups is 1. The van der Waals surface area contributed by atoms with Gasteiger partial charge in [0.1, 0.15) is 5.75 Å². The van der Waals surface area contributed by atoms with Crippen molar-refractivity contribution in [2.45, 2.75) is 20.4 Å². The van der Waals surface area contributed by atoms with Gasteiger partial charge in [-0.25, -0.2) is 0 Å². The Morgan fingerprint density at radius 2 is 1.72 bits per heavy atom. The molecule has 0 radical (unpaired) electrons. The predicted octanol–water partition coefficient (Wildman–Crippen LogP) is 4.27. The summed E-state index contributed by atoms with van der Waals surface area (Å²) in [6.45, 7) is 4.49. The lowest BCUT2D eigenvalue weighted by Gasteiger charge is -2.11. The Bertz CT molecular complexity index is 543. The number of hydrogen-bond donors (Lipinski definition) is 2. The lowest BCUT2D eigenvalue weighted by atomic mass is 10.1. The van der Waals surface area contributed by atoms with E-state index < -0.39 is 0 Å². The van der Waals surface area contributed by atoms with E-state index in [-0.39, 0.29) is 0 Å². The van der Waals surface area contributed by atoms with Crippen LogP contribution >= 0.6 is 11.6 Å². The van der Waals surface area contributed by atoms with Crippen molar-refractivity contribution in [3.8, 4) is 5.75 Å². The second-order valence-electron chi connectivity index (χ2n) is 4.41. The second kappa shape index (κ2) is 5.32. The fraction of sp³-hybridized carbons (Fsp3) is 0.200. The molecular formula is C15H16ClNO. The zero-order chi connectivity index (χ0) is 13.1. The molecule has 0 aliphatic heterocycles. The molecular weight excluding hydrogens is 246 g/mol. The third kappa shape index (κ3) is 2.77. The standard InChI is InChI=1S/C15H16ClNO/c1-10-7-12(8-11(2)15(10)18)9-17-14-6-4-3-5-13(14)16/h3-8,17-18H,9H2,1-2H3. The molecule has 0 fully saturated rings. The SMILES string of the molecule is Cc1cc(CNc2ccccc2Cl)cc(C)c1O. The molecule has 0 aromatic heterocycles. The molecule has 0 atom stereocenters. The van der Waals surface area contributed by atoms with Gasteiger partial charge in [-0.15, -0.1) is 0 Å². The molecule has 0 aliphatic carbocycles. The molecule has 94 valence electrons. The zero-order valence-corrected chi connectivity index (χ0v) is 11.3. The van der Waals surface area contributed by atoms with Gasteiger partial charge >= 0.3 is 0 Å². The Hall–Kier alpha value is -1.67. The van der Waals surface area contributed by atoms with Crippen LogP contribution in [-0.4, -0.2) is 5.11 Å². The second-order valence-corrected chi connectivity index (χ2v) is 4.82. The number of hydrogen-bond acceptors (Lipinski definition) is 2. The highest BCUT2D eigenvalue weighted by atomic mass is 35.5. The molecule has 2 nitrogen and oxygen atoms in total. The summed E-state index contributed by atoms with van der Waals surface area (Å²) in [7, 11) is 0. The number of aryl methyl sites for hydroxylation is 2. The van der Waals surface area contributed by atoms with Crippen LogP contribution in [0.3, 0.4) is 0 Å². The van der Waals surface area contributed by atoms with Crippen LogP contribution in [0.15, 0.2) is 36.4 Å². The molecule has 0 bridgehead atoms. The normalized spacial score (nSPS) is 10.4. The predicted molar refractivity (Wildman–Crippen MR) is 76.4 cm³/mol. The first-order valence-electron chi connectivity index (χ1n) is 5.85. The smallest absolute Gasteiger partial charge is 0.121 e. The average Bonchev–Trinajstić information content (AvgIpc) is 2.35. The van der Waals surface area contributed by atoms with Gasteiger partial charge in [-0.3, -0.25) is 0 Å². The maximum Gasteiger partial charge on any atom is 0.121 e. The van der Waals surface area contributed by atoms with Gasteiger partial charge in [0.05, 0.1) is 10.7 Å². The summed E-state index contributed by atoms with van der Waals surface area (Å²) >= 11 is 6.08. The molecule has 0 aliphatic rings. The number of para-hydroxylation sites is 1. The lowest BCUT2D eigenvalue weighted by Crippen LogP contribution is -2.00. The Morgan fingerprint density at radius 1 is 1.11 bits per heavy atom. The molecule has 2 N–H and O–H groups in total. The van der Waals surface area contributed by atoms with E-state index in [1.807, 2.05) is 50.2 Å². The van der Waals surface area contributed by atoms with Crippen LogP contribution in [0.5, 0.6) is 5.75 Å². The minimum absolute atomic E-state index is 0.372. The fourth-order valence-corrected chi connectivity index (χ4v) is 2.15. The first-order valence-corrected chi connectivity index (χ1v) is 6.23. The van der Waals surface area contributed by atoms with E-state index >= 15 is 0 Å². The maximum absolute atomic E-state index is 9.72. The van der Waals surface area contributed by atoms with E-state index in [1.54, 1.807) is 0 Å². The van der Waals surface area contributed by atoms with Gasteiger partial charge in [0, 0.05) is 6.54 Å². The highest BCUT2D eigenvalue weighted by Crippen LogP contribution is 2.25. The summed E-state index contributed by atoms with van der Waals surface area (Å²) in [5, 5.41) is 13.7. The summed E-state index contributed by atoms with van der Waals surface area (Å²) in [6.07, 6.45) is 0. The van der Waals surface area contributed by atoms with E-state index in [1.165, 1.54) is 0 Å². The number of rotatable bonds is 3. The van der Waals surface area contributed by atoms with E-state index in [0.29, 0.717) is 17.3 Å². The molecule has 2 rings (SSSR count). The van der Waals surface area contributed by atoms with Crippen LogP contribution in [0.2, 0.25) is 5.02 Å². The van der Waals surface area contributed by atoms with Gasteiger partial charge in [0.2, 0.25) is 0 Å². The van der Waals surface area contributed by atoms with Crippen LogP contribution in [0.4, 0.5) is 5.69 Å². The van der Waals surface area contributed by atoms with Gasteiger partial charge in [0.25, 0.3) is 0 Å². The van der Waals surface area contributed by atoms with Gasteiger partial charge < -0.3 is 10.4 Å². The van der Waals surface area contributed by atoms with Crippen LogP contribution < -0.4 is 5.32 Å². The Labute approximate surface area is 112 Å². The molecule has 3 heteroatoms. The summed E-state index contributed by atoms with van der Waals surface area (Å²) < 4.78 is 0. The minimum atomic E-state index is 0.372. The minimum Gasteiger partial charge on any atom is -0.507 e. The molecule has 18 heavy (non-hydrogen) atoms. The summed E-state index contributed by atoms with van der Waals surface area (Å²) in [4.78, 5) is 0. The molecule has 2 aromatic rings. The number of phenolic OH excluding ortho intramolecular Hbond substituents is 1. The summed E-state index contributed by atoms with van der Waals surface area (Å²) in [6, 6.07) is 11.6. The highest BCUT2D eigenvalue weighted by Gasteiger charge is 2.04. The number of halogens is 1. The lowest BCUT2D eigenvalue weighted by molar-refractivity contribution is 0.466. The monoisotopic (exact) mass is 261 g/mol. The molecule has 0 saturated carbocycles. The van der Waals surface area contributed by atoms with Crippen LogP contribution in [0.1, 0.15) is 16.7 Å². The topological polar surface area (TPSA) is 32.3 Å². The summed E-state index contributed by atoms with van der Waals surface area (Å²) in [5.74, 6) is 0.372.